The normalized spacial score (nSPS) is 14.0. The molecule has 0 bridgehead atoms. The molecular weight excluding hydrogens is 636 g/mol. The summed E-state index contributed by atoms with van der Waals surface area (Å²) in [6.45, 7) is 3.53. The van der Waals surface area contributed by atoms with E-state index in [-0.39, 0.29) is 12.8 Å². The Kier molecular flexibility index (Phi) is 33.1. The van der Waals surface area contributed by atoms with Gasteiger partial charge in [-0.15, -0.1) is 0 Å². The second-order valence-electron chi connectivity index (χ2n) is 13.9. The number of aliphatic hydroxyl groups is 5. The van der Waals surface area contributed by atoms with Crippen LogP contribution in [-0.2, 0) is 19.1 Å². The van der Waals surface area contributed by atoms with Gasteiger partial charge in [0.25, 0.3) is 0 Å². The Hall–Kier alpha value is -1.78. The molecule has 0 saturated heterocycles. The number of aliphatic hydroxyl groups excluding tert-OH is 4. The van der Waals surface area contributed by atoms with Crippen LogP contribution in [0.4, 0.5) is 0 Å². The Morgan fingerprint density at radius 2 is 0.820 bits per heavy atom. The smallest absolute Gasteiger partial charge is 0.396 e. The molecule has 9 nitrogen and oxygen atoms in total. The highest BCUT2D eigenvalue weighted by molar-refractivity contribution is 5.71. The van der Waals surface area contributed by atoms with E-state index < -0.39 is 42.8 Å². The van der Waals surface area contributed by atoms with Crippen molar-refractivity contribution in [3.8, 4) is 0 Å². The summed E-state index contributed by atoms with van der Waals surface area (Å²) in [4.78, 5) is 25.1. The van der Waals surface area contributed by atoms with Gasteiger partial charge in [-0.1, -0.05) is 141 Å². The summed E-state index contributed by atoms with van der Waals surface area (Å²) in [6.07, 6.45) is 31.0. The van der Waals surface area contributed by atoms with E-state index in [0.717, 1.165) is 77.0 Å². The van der Waals surface area contributed by atoms with Crippen molar-refractivity contribution in [1.29, 1.82) is 0 Å². The van der Waals surface area contributed by atoms with E-state index in [1.54, 1.807) is 0 Å². The minimum Gasteiger partial charge on any atom is -0.396 e. The first kappa shape index (κ1) is 48.2. The van der Waals surface area contributed by atoms with Gasteiger partial charge in [-0.2, -0.15) is 0 Å². The maximum atomic E-state index is 12.6. The standard InChI is InChI=1S/C41H76O9/c1-3-5-7-9-11-13-15-17-19-21-23-25-27-29-31-33-37(44)49-41(48,40(47)39(46)36(43)35-42)50-38(45)34-32-30-28-26-24-22-20-18-16-14-12-10-8-6-4-2/h17-20,36,39-40,42-43,46-48H,3-16,21-35H2,1-2H3/b19-17-,20-18-/t36-,39-,40+/m1/s1. The predicted molar refractivity (Wildman–Crippen MR) is 201 cm³/mol. The van der Waals surface area contributed by atoms with Crippen LogP contribution in [0.2, 0.25) is 0 Å². The average Bonchev–Trinajstić information content (AvgIpc) is 3.10. The van der Waals surface area contributed by atoms with Crippen LogP contribution in [0.1, 0.15) is 194 Å². The molecule has 5 N–H and O–H groups in total. The summed E-state index contributed by atoms with van der Waals surface area (Å²) in [6, 6.07) is 0. The van der Waals surface area contributed by atoms with Crippen molar-refractivity contribution in [3.05, 3.63) is 24.3 Å². The van der Waals surface area contributed by atoms with E-state index in [1.807, 2.05) is 0 Å². The van der Waals surface area contributed by atoms with Crippen LogP contribution in [0.5, 0.6) is 0 Å². The first-order valence-corrected chi connectivity index (χ1v) is 20.3. The highest BCUT2D eigenvalue weighted by atomic mass is 16.8. The molecule has 3 atom stereocenters. The predicted octanol–water partition coefficient (Wildman–Crippen LogP) is 8.87. The van der Waals surface area contributed by atoms with Gasteiger partial charge in [-0.05, 0) is 64.2 Å². The van der Waals surface area contributed by atoms with Crippen molar-refractivity contribution in [1.82, 2.24) is 0 Å². The fourth-order valence-electron chi connectivity index (χ4n) is 5.78. The first-order valence-electron chi connectivity index (χ1n) is 20.3. The van der Waals surface area contributed by atoms with Gasteiger partial charge < -0.3 is 35.0 Å². The van der Waals surface area contributed by atoms with E-state index in [4.69, 9.17) is 14.6 Å². The molecule has 0 saturated carbocycles. The Balaban J connectivity index is 4.37. The van der Waals surface area contributed by atoms with E-state index in [9.17, 15) is 30.0 Å². The van der Waals surface area contributed by atoms with Crippen molar-refractivity contribution in [2.45, 2.75) is 218 Å². The third-order valence-corrected chi connectivity index (χ3v) is 9.08. The topological polar surface area (TPSA) is 154 Å². The number of carbonyl (C=O) groups is 2. The molecule has 0 heterocycles. The van der Waals surface area contributed by atoms with Gasteiger partial charge in [0.2, 0.25) is 0 Å². The number of unbranched alkanes of at least 4 members (excludes halogenated alkanes) is 22. The zero-order valence-electron chi connectivity index (χ0n) is 31.9. The lowest BCUT2D eigenvalue weighted by molar-refractivity contribution is -0.374. The van der Waals surface area contributed by atoms with Crippen LogP contribution in [0, 0.1) is 0 Å². The molecule has 0 aromatic rings. The van der Waals surface area contributed by atoms with Crippen LogP contribution in [0.25, 0.3) is 0 Å². The lowest BCUT2D eigenvalue weighted by Gasteiger charge is -2.34. The molecule has 0 aliphatic rings. The van der Waals surface area contributed by atoms with Gasteiger partial charge in [0.1, 0.15) is 12.2 Å². The monoisotopic (exact) mass is 713 g/mol. The number of ether oxygens (including phenoxy) is 2. The van der Waals surface area contributed by atoms with Crippen molar-refractivity contribution in [3.63, 3.8) is 0 Å². The molecule has 0 fully saturated rings. The first-order chi connectivity index (χ1) is 24.2. The average molecular weight is 713 g/mol. The van der Waals surface area contributed by atoms with Crippen LogP contribution in [0.3, 0.4) is 0 Å². The van der Waals surface area contributed by atoms with E-state index in [1.165, 1.54) is 77.0 Å². The molecule has 0 amide bonds. The Labute approximate surface area is 304 Å². The van der Waals surface area contributed by atoms with Gasteiger partial charge in [-0.25, -0.2) is 0 Å². The van der Waals surface area contributed by atoms with Crippen LogP contribution in [-0.4, -0.2) is 68.4 Å². The van der Waals surface area contributed by atoms with Crippen LogP contribution in [0.15, 0.2) is 24.3 Å². The summed E-state index contributed by atoms with van der Waals surface area (Å²) in [5.41, 5.74) is 0. The van der Waals surface area contributed by atoms with Crippen molar-refractivity contribution < 1.29 is 44.6 Å². The molecular formula is C41H76O9. The zero-order valence-corrected chi connectivity index (χ0v) is 31.9. The third kappa shape index (κ3) is 27.9. The number of hydrogen-bond donors (Lipinski definition) is 5. The quantitative estimate of drug-likeness (QED) is 0.0185. The molecule has 0 aromatic heterocycles. The van der Waals surface area contributed by atoms with Crippen LogP contribution < -0.4 is 0 Å². The van der Waals surface area contributed by atoms with Crippen LogP contribution >= 0.6 is 0 Å². The number of allylic oxidation sites excluding steroid dienone is 4. The molecule has 0 spiro atoms. The largest absolute Gasteiger partial charge is 0.403 e. The van der Waals surface area contributed by atoms with E-state index in [0.29, 0.717) is 12.8 Å². The highest BCUT2D eigenvalue weighted by Crippen LogP contribution is 2.23. The van der Waals surface area contributed by atoms with Gasteiger partial charge in [-0.3, -0.25) is 9.59 Å². The number of esters is 2. The summed E-state index contributed by atoms with van der Waals surface area (Å²) >= 11 is 0. The molecule has 0 unspecified atom stereocenters. The molecule has 0 radical (unpaired) electrons. The molecule has 294 valence electrons. The van der Waals surface area contributed by atoms with Crippen molar-refractivity contribution in [2.24, 2.45) is 0 Å². The SMILES string of the molecule is CCCCCCCC/C=C\CCCCCCCC(=O)OC(O)(OC(=O)CCCCCCC/C=C\CCCCCCCC)[C@@H](O)[C@H](O)[C@H](O)CO. The summed E-state index contributed by atoms with van der Waals surface area (Å²) in [5, 5.41) is 50.5. The summed E-state index contributed by atoms with van der Waals surface area (Å²) < 4.78 is 9.98. The van der Waals surface area contributed by atoms with Gasteiger partial charge in [0.15, 0.2) is 6.10 Å². The fourth-order valence-corrected chi connectivity index (χ4v) is 5.78. The summed E-state index contributed by atoms with van der Waals surface area (Å²) in [5.74, 6) is -5.03. The van der Waals surface area contributed by atoms with Gasteiger partial charge >= 0.3 is 17.9 Å². The number of hydrogen-bond acceptors (Lipinski definition) is 9. The fraction of sp³-hybridized carbons (Fsp3) is 0.854. The van der Waals surface area contributed by atoms with E-state index in [2.05, 4.69) is 38.2 Å². The Morgan fingerprint density at radius 3 is 1.14 bits per heavy atom. The Morgan fingerprint density at radius 1 is 0.520 bits per heavy atom. The minimum atomic E-state index is -3.20. The minimum absolute atomic E-state index is 0.0857. The van der Waals surface area contributed by atoms with Gasteiger partial charge in [0, 0.05) is 12.8 Å². The number of rotatable bonds is 36. The molecule has 9 heteroatoms. The van der Waals surface area contributed by atoms with Gasteiger partial charge in [0.05, 0.1) is 6.61 Å². The molecule has 0 aromatic carbocycles. The second kappa shape index (κ2) is 34.3. The zero-order chi connectivity index (χ0) is 37.1. The lowest BCUT2D eigenvalue weighted by atomic mass is 10.1. The van der Waals surface area contributed by atoms with E-state index >= 15 is 0 Å². The molecule has 0 aliphatic heterocycles. The van der Waals surface area contributed by atoms with Crippen molar-refractivity contribution >= 4 is 11.9 Å². The Bertz CT molecular complexity index is 790. The molecule has 0 rings (SSSR count). The number of carbonyl (C=O) groups excluding carboxylic acids is 2. The second-order valence-corrected chi connectivity index (χ2v) is 13.9. The molecule has 0 aliphatic carbocycles. The highest BCUT2D eigenvalue weighted by Gasteiger charge is 2.50. The molecule has 50 heavy (non-hydrogen) atoms. The summed E-state index contributed by atoms with van der Waals surface area (Å²) in [7, 11) is 0. The third-order valence-electron chi connectivity index (χ3n) is 9.08. The lowest BCUT2D eigenvalue weighted by Crippen LogP contribution is -2.58. The maximum absolute atomic E-state index is 12.6. The maximum Gasteiger partial charge on any atom is 0.403 e. The van der Waals surface area contributed by atoms with Crippen molar-refractivity contribution in [2.75, 3.05) is 6.61 Å².